The van der Waals surface area contributed by atoms with Crippen LogP contribution in [0, 0.1) is 6.92 Å². The summed E-state index contributed by atoms with van der Waals surface area (Å²) in [5.41, 5.74) is 9.40. The molecule has 1 heterocycles. The topological polar surface area (TPSA) is 47.3 Å². The van der Waals surface area contributed by atoms with Gasteiger partial charge in [-0.25, -0.2) is 0 Å². The molecule has 0 aliphatic carbocycles. The number of nitrogens with two attached hydrogens (primary N) is 1. The van der Waals surface area contributed by atoms with Crippen molar-refractivity contribution in [3.8, 4) is 5.75 Å². The summed E-state index contributed by atoms with van der Waals surface area (Å²) in [6, 6.07) is 4.66. The number of hydrogen-bond donors (Lipinski definition) is 2. The molecule has 1 unspecified atom stereocenters. The van der Waals surface area contributed by atoms with E-state index in [0.717, 1.165) is 24.3 Å². The van der Waals surface area contributed by atoms with Crippen LogP contribution < -0.4 is 15.8 Å². The molecule has 1 aromatic carbocycles. The van der Waals surface area contributed by atoms with Gasteiger partial charge in [0.2, 0.25) is 0 Å². The van der Waals surface area contributed by atoms with Gasteiger partial charge in [-0.1, -0.05) is 6.07 Å². The zero-order chi connectivity index (χ0) is 10.8. The number of anilines is 1. The van der Waals surface area contributed by atoms with Crippen LogP contribution in [0.5, 0.6) is 5.75 Å². The molecule has 3 N–H and O–H groups in total. The molecule has 0 saturated heterocycles. The standard InChI is InChI=1S/C12H18N2O/c1-8-5-9-3-4-10(7-13)14-12(9)11(6-8)15-2/h5-6,10,14H,3-4,7,13H2,1-2H3. The maximum atomic E-state index is 5.68. The van der Waals surface area contributed by atoms with Crippen molar-refractivity contribution < 1.29 is 4.74 Å². The summed E-state index contributed by atoms with van der Waals surface area (Å²) < 4.78 is 5.38. The van der Waals surface area contributed by atoms with Gasteiger partial charge in [0.15, 0.2) is 0 Å². The van der Waals surface area contributed by atoms with Crippen LogP contribution in [-0.4, -0.2) is 19.7 Å². The SMILES string of the molecule is COc1cc(C)cc2c1NC(CN)CC2. The average molecular weight is 206 g/mol. The van der Waals surface area contributed by atoms with E-state index >= 15 is 0 Å². The van der Waals surface area contributed by atoms with Crippen LogP contribution in [0.1, 0.15) is 17.5 Å². The van der Waals surface area contributed by atoms with E-state index in [9.17, 15) is 0 Å². The average Bonchev–Trinajstić information content (AvgIpc) is 2.27. The second-order valence-electron chi connectivity index (χ2n) is 4.12. The molecule has 0 bridgehead atoms. The van der Waals surface area contributed by atoms with Crippen LogP contribution in [0.2, 0.25) is 0 Å². The highest BCUT2D eigenvalue weighted by atomic mass is 16.5. The van der Waals surface area contributed by atoms with E-state index in [2.05, 4.69) is 24.4 Å². The molecular weight excluding hydrogens is 188 g/mol. The van der Waals surface area contributed by atoms with Gasteiger partial charge in [-0.2, -0.15) is 0 Å². The molecule has 2 rings (SSSR count). The summed E-state index contributed by atoms with van der Waals surface area (Å²) in [6.45, 7) is 2.77. The maximum absolute atomic E-state index is 5.68. The second kappa shape index (κ2) is 4.11. The summed E-state index contributed by atoms with van der Waals surface area (Å²) in [5.74, 6) is 0.933. The number of fused-ring (bicyclic) bond motifs is 1. The van der Waals surface area contributed by atoms with Crippen molar-refractivity contribution in [2.75, 3.05) is 19.0 Å². The van der Waals surface area contributed by atoms with Gasteiger partial charge in [0.25, 0.3) is 0 Å². The number of benzene rings is 1. The molecule has 0 saturated carbocycles. The molecular formula is C12H18N2O. The third kappa shape index (κ3) is 1.92. The first-order valence-corrected chi connectivity index (χ1v) is 5.38. The quantitative estimate of drug-likeness (QED) is 0.774. The van der Waals surface area contributed by atoms with E-state index in [1.807, 2.05) is 0 Å². The van der Waals surface area contributed by atoms with Crippen molar-refractivity contribution in [3.05, 3.63) is 23.3 Å². The first-order chi connectivity index (χ1) is 7.24. The zero-order valence-corrected chi connectivity index (χ0v) is 9.34. The van der Waals surface area contributed by atoms with Crippen LogP contribution in [0.3, 0.4) is 0 Å². The fourth-order valence-corrected chi connectivity index (χ4v) is 2.13. The third-order valence-corrected chi connectivity index (χ3v) is 2.94. The van der Waals surface area contributed by atoms with E-state index in [4.69, 9.17) is 10.5 Å². The molecule has 0 aromatic heterocycles. The number of hydrogen-bond acceptors (Lipinski definition) is 3. The molecule has 0 amide bonds. The van der Waals surface area contributed by atoms with Crippen molar-refractivity contribution >= 4 is 5.69 Å². The van der Waals surface area contributed by atoms with Crippen molar-refractivity contribution in [1.29, 1.82) is 0 Å². The maximum Gasteiger partial charge on any atom is 0.142 e. The summed E-state index contributed by atoms with van der Waals surface area (Å²) in [7, 11) is 1.71. The lowest BCUT2D eigenvalue weighted by molar-refractivity contribution is 0.413. The molecule has 1 aliphatic rings. The highest BCUT2D eigenvalue weighted by Crippen LogP contribution is 2.34. The van der Waals surface area contributed by atoms with Gasteiger partial charge < -0.3 is 15.8 Å². The Kier molecular flexibility index (Phi) is 2.82. The lowest BCUT2D eigenvalue weighted by Crippen LogP contribution is -2.32. The Hall–Kier alpha value is -1.22. The molecule has 3 nitrogen and oxygen atoms in total. The van der Waals surface area contributed by atoms with Crippen LogP contribution in [0.4, 0.5) is 5.69 Å². The number of ether oxygens (including phenoxy) is 1. The Morgan fingerprint density at radius 2 is 2.33 bits per heavy atom. The van der Waals surface area contributed by atoms with Gasteiger partial charge >= 0.3 is 0 Å². The Bertz CT molecular complexity index is 346. The second-order valence-corrected chi connectivity index (χ2v) is 4.12. The Morgan fingerprint density at radius 1 is 1.53 bits per heavy atom. The van der Waals surface area contributed by atoms with Crippen molar-refractivity contribution in [2.24, 2.45) is 5.73 Å². The molecule has 0 radical (unpaired) electrons. The molecule has 1 aromatic rings. The van der Waals surface area contributed by atoms with Gasteiger partial charge in [0.05, 0.1) is 12.8 Å². The molecule has 0 fully saturated rings. The van der Waals surface area contributed by atoms with Crippen molar-refractivity contribution in [1.82, 2.24) is 0 Å². The first-order valence-electron chi connectivity index (χ1n) is 5.38. The fraction of sp³-hybridized carbons (Fsp3) is 0.500. The highest BCUT2D eigenvalue weighted by molar-refractivity contribution is 5.65. The monoisotopic (exact) mass is 206 g/mol. The summed E-state index contributed by atoms with van der Waals surface area (Å²) in [5, 5.41) is 3.44. The number of nitrogens with one attached hydrogen (secondary N) is 1. The van der Waals surface area contributed by atoms with E-state index < -0.39 is 0 Å². The Labute approximate surface area is 90.6 Å². The van der Waals surface area contributed by atoms with Gasteiger partial charge in [-0.3, -0.25) is 0 Å². The smallest absolute Gasteiger partial charge is 0.142 e. The van der Waals surface area contributed by atoms with E-state index in [-0.39, 0.29) is 0 Å². The normalized spacial score (nSPS) is 19.3. The van der Waals surface area contributed by atoms with Crippen molar-refractivity contribution in [2.45, 2.75) is 25.8 Å². The lowest BCUT2D eigenvalue weighted by Gasteiger charge is -2.27. The minimum absolute atomic E-state index is 0.383. The minimum Gasteiger partial charge on any atom is -0.495 e. The highest BCUT2D eigenvalue weighted by Gasteiger charge is 2.19. The Morgan fingerprint density at radius 3 is 3.00 bits per heavy atom. The fourth-order valence-electron chi connectivity index (χ4n) is 2.13. The van der Waals surface area contributed by atoms with Gasteiger partial charge in [-0.05, 0) is 37.0 Å². The van der Waals surface area contributed by atoms with Gasteiger partial charge in [0.1, 0.15) is 5.75 Å². The predicted octanol–water partition coefficient (Wildman–Crippen LogP) is 1.69. The number of aryl methyl sites for hydroxylation is 2. The lowest BCUT2D eigenvalue weighted by atomic mass is 9.96. The number of rotatable bonds is 2. The summed E-state index contributed by atoms with van der Waals surface area (Å²) in [6.07, 6.45) is 2.19. The summed E-state index contributed by atoms with van der Waals surface area (Å²) >= 11 is 0. The minimum atomic E-state index is 0.383. The molecule has 1 atom stereocenters. The molecule has 82 valence electrons. The third-order valence-electron chi connectivity index (χ3n) is 2.94. The molecule has 0 spiro atoms. The molecule has 15 heavy (non-hydrogen) atoms. The van der Waals surface area contributed by atoms with Crippen LogP contribution in [-0.2, 0) is 6.42 Å². The van der Waals surface area contributed by atoms with E-state index in [0.29, 0.717) is 12.6 Å². The van der Waals surface area contributed by atoms with E-state index in [1.165, 1.54) is 11.1 Å². The Balaban J connectivity index is 2.39. The van der Waals surface area contributed by atoms with E-state index in [1.54, 1.807) is 7.11 Å². The van der Waals surface area contributed by atoms with Crippen LogP contribution in [0.25, 0.3) is 0 Å². The molecule has 3 heteroatoms. The van der Waals surface area contributed by atoms with Crippen LogP contribution >= 0.6 is 0 Å². The summed E-state index contributed by atoms with van der Waals surface area (Å²) in [4.78, 5) is 0. The van der Waals surface area contributed by atoms with Gasteiger partial charge in [0, 0.05) is 12.6 Å². The number of methoxy groups -OCH3 is 1. The first kappa shape index (κ1) is 10.3. The predicted molar refractivity (Wildman–Crippen MR) is 62.5 cm³/mol. The van der Waals surface area contributed by atoms with Crippen molar-refractivity contribution in [3.63, 3.8) is 0 Å². The largest absolute Gasteiger partial charge is 0.495 e. The van der Waals surface area contributed by atoms with Crippen LogP contribution in [0.15, 0.2) is 12.1 Å². The molecule has 1 aliphatic heterocycles. The van der Waals surface area contributed by atoms with Gasteiger partial charge in [-0.15, -0.1) is 0 Å². The zero-order valence-electron chi connectivity index (χ0n) is 9.34.